The van der Waals surface area contributed by atoms with E-state index in [-0.39, 0.29) is 23.5 Å². The minimum atomic E-state index is -5.14. The Morgan fingerprint density at radius 2 is 1.77 bits per heavy atom. The van der Waals surface area contributed by atoms with Crippen LogP contribution in [0.2, 0.25) is 5.02 Å². The van der Waals surface area contributed by atoms with Crippen molar-refractivity contribution in [2.24, 2.45) is 5.73 Å². The highest BCUT2D eigenvalue weighted by Gasteiger charge is 2.41. The van der Waals surface area contributed by atoms with Crippen LogP contribution in [0.15, 0.2) is 41.3 Å². The lowest BCUT2D eigenvalue weighted by Gasteiger charge is -2.14. The summed E-state index contributed by atoms with van der Waals surface area (Å²) in [6.45, 7) is 0. The van der Waals surface area contributed by atoms with E-state index in [9.17, 15) is 26.4 Å². The Hall–Kier alpha value is -1.84. The van der Waals surface area contributed by atoms with Crippen molar-refractivity contribution in [3.8, 4) is 0 Å². The molecular weight excluding hydrogens is 395 g/mol. The second-order valence-corrected chi connectivity index (χ2v) is 8.10. The molecule has 142 valence electrons. The van der Waals surface area contributed by atoms with Gasteiger partial charge in [-0.3, -0.25) is 5.73 Å². The number of carbonyl (C=O) groups excluding carboxylic acids is 1. The Morgan fingerprint density at radius 3 is 2.42 bits per heavy atom. The number of ether oxygens (including phenoxy) is 1. The van der Waals surface area contributed by atoms with Gasteiger partial charge in [-0.05, 0) is 47.9 Å². The van der Waals surface area contributed by atoms with Gasteiger partial charge in [0.15, 0.2) is 16.1 Å². The van der Waals surface area contributed by atoms with Gasteiger partial charge >= 0.3 is 12.1 Å². The van der Waals surface area contributed by atoms with Crippen molar-refractivity contribution in [1.82, 2.24) is 0 Å². The molecule has 0 spiro atoms. The van der Waals surface area contributed by atoms with Crippen LogP contribution < -0.4 is 5.73 Å². The average molecular weight is 410 g/mol. The second kappa shape index (κ2) is 7.81. The van der Waals surface area contributed by atoms with Gasteiger partial charge in [0.05, 0.1) is 10.6 Å². The molecule has 2 aromatic rings. The average Bonchev–Trinajstić information content (AvgIpc) is 2.53. The number of nitrogens with two attached hydrogens (primary N) is 1. The molecular formula is C16H15ClF3NO4S. The predicted octanol–water partition coefficient (Wildman–Crippen LogP) is 3.44. The molecule has 1 atom stereocenters. The van der Waals surface area contributed by atoms with Crippen molar-refractivity contribution in [3.05, 3.63) is 41.4 Å². The maximum absolute atomic E-state index is 12.4. The van der Waals surface area contributed by atoms with Gasteiger partial charge in [0.25, 0.3) is 0 Å². The fourth-order valence-corrected chi connectivity index (χ4v) is 3.79. The first kappa shape index (κ1) is 20.5. The predicted molar refractivity (Wildman–Crippen MR) is 90.4 cm³/mol. The number of hydrogen-bond acceptors (Lipinski definition) is 5. The molecule has 0 aliphatic carbocycles. The molecule has 2 rings (SSSR count). The van der Waals surface area contributed by atoms with Gasteiger partial charge in [0.1, 0.15) is 0 Å². The highest BCUT2D eigenvalue weighted by molar-refractivity contribution is 7.91. The third-order valence-electron chi connectivity index (χ3n) is 3.52. The quantitative estimate of drug-likeness (QED) is 0.583. The molecule has 5 nitrogen and oxygen atoms in total. The molecule has 0 radical (unpaired) electrons. The van der Waals surface area contributed by atoms with Gasteiger partial charge in [-0.25, -0.2) is 13.2 Å². The van der Waals surface area contributed by atoms with Crippen molar-refractivity contribution >= 4 is 38.2 Å². The summed E-state index contributed by atoms with van der Waals surface area (Å²) in [5, 5.41) is 1.99. The largest absolute Gasteiger partial charge is 0.490 e. The maximum Gasteiger partial charge on any atom is 0.490 e. The third-order valence-corrected chi connectivity index (χ3v) is 5.56. The Kier molecular flexibility index (Phi) is 6.15. The molecule has 0 amide bonds. The number of sulfone groups is 1. The SMILES string of the molecule is NC(CCCS(=O)(=O)c1ccc2cc(Cl)ccc2c1)OC(=O)C(F)(F)F. The molecule has 0 aliphatic heterocycles. The van der Waals surface area contributed by atoms with Crippen LogP contribution >= 0.6 is 11.6 Å². The monoisotopic (exact) mass is 409 g/mol. The molecule has 2 aromatic carbocycles. The summed E-state index contributed by atoms with van der Waals surface area (Å²) in [6.07, 6.45) is -6.95. The van der Waals surface area contributed by atoms with E-state index in [1.165, 1.54) is 12.1 Å². The lowest BCUT2D eigenvalue weighted by Crippen LogP contribution is -2.34. The first-order valence-electron chi connectivity index (χ1n) is 7.44. The standard InChI is InChI=1S/C16H15ClF3NO4S/c17-12-5-3-11-9-13(6-4-10(11)8-12)26(23,24)7-1-2-14(21)25-15(22)16(18,19)20/h3-6,8-9,14H,1-2,7,21H2. The number of carbonyl (C=O) groups is 1. The normalized spacial score (nSPS) is 13.6. The zero-order valence-electron chi connectivity index (χ0n) is 13.3. The lowest BCUT2D eigenvalue weighted by molar-refractivity contribution is -0.204. The number of esters is 1. The summed E-state index contributed by atoms with van der Waals surface area (Å²) >= 11 is 5.87. The summed E-state index contributed by atoms with van der Waals surface area (Å²) in [5.74, 6) is -2.75. The zero-order valence-corrected chi connectivity index (χ0v) is 14.9. The summed E-state index contributed by atoms with van der Waals surface area (Å²) in [5.41, 5.74) is 5.28. The first-order chi connectivity index (χ1) is 12.0. The number of benzene rings is 2. The molecule has 0 aliphatic rings. The molecule has 0 fully saturated rings. The van der Waals surface area contributed by atoms with E-state index < -0.39 is 28.2 Å². The van der Waals surface area contributed by atoms with Crippen LogP contribution in [-0.2, 0) is 19.4 Å². The fourth-order valence-electron chi connectivity index (χ4n) is 2.24. The van der Waals surface area contributed by atoms with Gasteiger partial charge < -0.3 is 4.74 Å². The number of fused-ring (bicyclic) bond motifs is 1. The molecule has 2 N–H and O–H groups in total. The lowest BCUT2D eigenvalue weighted by atomic mass is 10.1. The van der Waals surface area contributed by atoms with Crippen LogP contribution in [0.1, 0.15) is 12.8 Å². The van der Waals surface area contributed by atoms with Crippen LogP contribution in [0, 0.1) is 0 Å². The molecule has 0 aromatic heterocycles. The van der Waals surface area contributed by atoms with Crippen molar-refractivity contribution in [1.29, 1.82) is 0 Å². The molecule has 0 bridgehead atoms. The van der Waals surface area contributed by atoms with Crippen LogP contribution in [-0.4, -0.2) is 32.5 Å². The minimum absolute atomic E-state index is 0.0622. The van der Waals surface area contributed by atoms with E-state index in [1.807, 2.05) is 0 Å². The summed E-state index contributed by atoms with van der Waals surface area (Å²) in [4.78, 5) is 10.7. The molecule has 10 heteroatoms. The van der Waals surface area contributed by atoms with E-state index in [0.717, 1.165) is 5.39 Å². The third kappa shape index (κ3) is 5.33. The highest BCUT2D eigenvalue weighted by Crippen LogP contribution is 2.24. The molecule has 1 unspecified atom stereocenters. The number of hydrogen-bond donors (Lipinski definition) is 1. The van der Waals surface area contributed by atoms with Crippen molar-refractivity contribution < 1.29 is 31.1 Å². The Bertz CT molecular complexity index is 915. The van der Waals surface area contributed by atoms with Crippen LogP contribution in [0.4, 0.5) is 13.2 Å². The van der Waals surface area contributed by atoms with Crippen LogP contribution in [0.5, 0.6) is 0 Å². The smallest absolute Gasteiger partial charge is 0.440 e. The van der Waals surface area contributed by atoms with E-state index in [1.54, 1.807) is 24.3 Å². The van der Waals surface area contributed by atoms with Crippen molar-refractivity contribution in [2.75, 3.05) is 5.75 Å². The van der Waals surface area contributed by atoms with Crippen LogP contribution in [0.25, 0.3) is 10.8 Å². The number of rotatable bonds is 6. The van der Waals surface area contributed by atoms with Gasteiger partial charge in [0.2, 0.25) is 0 Å². The van der Waals surface area contributed by atoms with E-state index in [2.05, 4.69) is 4.74 Å². The molecule has 0 saturated heterocycles. The van der Waals surface area contributed by atoms with Gasteiger partial charge in [-0.2, -0.15) is 13.2 Å². The molecule has 26 heavy (non-hydrogen) atoms. The van der Waals surface area contributed by atoms with Crippen LogP contribution in [0.3, 0.4) is 0 Å². The second-order valence-electron chi connectivity index (χ2n) is 5.56. The first-order valence-corrected chi connectivity index (χ1v) is 9.47. The summed E-state index contributed by atoms with van der Waals surface area (Å²) in [6, 6.07) is 9.55. The molecule has 0 saturated carbocycles. The van der Waals surface area contributed by atoms with E-state index >= 15 is 0 Å². The summed E-state index contributed by atoms with van der Waals surface area (Å²) < 4.78 is 64.9. The van der Waals surface area contributed by atoms with Crippen molar-refractivity contribution in [3.63, 3.8) is 0 Å². The zero-order chi connectivity index (χ0) is 19.5. The molecule has 0 heterocycles. The topological polar surface area (TPSA) is 86.5 Å². The Labute approximate surface area is 152 Å². The van der Waals surface area contributed by atoms with Gasteiger partial charge in [0, 0.05) is 5.02 Å². The Balaban J connectivity index is 1.98. The Morgan fingerprint density at radius 1 is 1.15 bits per heavy atom. The maximum atomic E-state index is 12.4. The minimum Gasteiger partial charge on any atom is -0.440 e. The van der Waals surface area contributed by atoms with Gasteiger partial charge in [-0.15, -0.1) is 0 Å². The summed E-state index contributed by atoms with van der Waals surface area (Å²) in [7, 11) is -3.67. The van der Waals surface area contributed by atoms with Gasteiger partial charge in [-0.1, -0.05) is 23.7 Å². The van der Waals surface area contributed by atoms with Crippen molar-refractivity contribution in [2.45, 2.75) is 30.1 Å². The fraction of sp³-hybridized carbons (Fsp3) is 0.312. The number of alkyl halides is 3. The highest BCUT2D eigenvalue weighted by atomic mass is 35.5. The van der Waals surface area contributed by atoms with E-state index in [0.29, 0.717) is 10.4 Å². The number of halogens is 4. The van der Waals surface area contributed by atoms with E-state index in [4.69, 9.17) is 17.3 Å².